The molecule has 0 fully saturated rings. The summed E-state index contributed by atoms with van der Waals surface area (Å²) in [6.45, 7) is 0.245. The van der Waals surface area contributed by atoms with Crippen LogP contribution in [-0.2, 0) is 12.0 Å². The van der Waals surface area contributed by atoms with Crippen molar-refractivity contribution in [3.63, 3.8) is 0 Å². The Balaban J connectivity index is 1.80. The molecule has 1 heterocycles. The minimum absolute atomic E-state index is 0.159. The summed E-state index contributed by atoms with van der Waals surface area (Å²) in [7, 11) is 0. The van der Waals surface area contributed by atoms with E-state index in [4.69, 9.17) is 11.6 Å². The summed E-state index contributed by atoms with van der Waals surface area (Å²) < 4.78 is 0. The zero-order chi connectivity index (χ0) is 16.4. The first-order valence-corrected chi connectivity index (χ1v) is 7.72. The zero-order valence-corrected chi connectivity index (χ0v) is 13.1. The molecule has 0 saturated heterocycles. The van der Waals surface area contributed by atoms with Crippen LogP contribution in [0, 0.1) is 10.1 Å². The predicted octanol–water partition coefficient (Wildman–Crippen LogP) is 3.28. The molecule has 0 spiro atoms. The average molecular weight is 334 g/mol. The first kappa shape index (κ1) is 15.7. The highest BCUT2D eigenvalue weighted by molar-refractivity contribution is 6.33. The molecule has 7 heteroatoms. The zero-order valence-electron chi connectivity index (χ0n) is 12.3. The van der Waals surface area contributed by atoms with Crippen LogP contribution in [0.4, 0.5) is 11.5 Å². The molecule has 1 atom stereocenters. The Morgan fingerprint density at radius 2 is 2.22 bits per heavy atom. The molecule has 120 valence electrons. The average Bonchev–Trinajstić information content (AvgIpc) is 2.54. The van der Waals surface area contributed by atoms with Crippen molar-refractivity contribution in [2.75, 3.05) is 11.9 Å². The molecule has 1 aromatic carbocycles. The molecule has 0 aliphatic heterocycles. The van der Waals surface area contributed by atoms with E-state index in [1.165, 1.54) is 6.07 Å². The second-order valence-electron chi connectivity index (χ2n) is 5.68. The Bertz CT molecular complexity index is 753. The molecule has 1 unspecified atom stereocenters. The third-order valence-corrected chi connectivity index (χ3v) is 4.43. The third-order valence-electron chi connectivity index (χ3n) is 4.14. The number of benzene rings is 1. The van der Waals surface area contributed by atoms with E-state index in [0.29, 0.717) is 12.2 Å². The quantitative estimate of drug-likeness (QED) is 0.662. The second kappa shape index (κ2) is 6.14. The number of aromatic nitrogens is 1. The summed E-state index contributed by atoms with van der Waals surface area (Å²) in [5.41, 5.74) is 0.895. The molecular formula is C16H16ClN3O3. The van der Waals surface area contributed by atoms with Gasteiger partial charge in [-0.3, -0.25) is 10.1 Å². The molecule has 0 radical (unpaired) electrons. The fraction of sp³-hybridized carbons (Fsp3) is 0.312. The van der Waals surface area contributed by atoms with Crippen LogP contribution >= 0.6 is 11.6 Å². The van der Waals surface area contributed by atoms with Crippen LogP contribution in [0.3, 0.4) is 0 Å². The van der Waals surface area contributed by atoms with E-state index in [-0.39, 0.29) is 17.3 Å². The van der Waals surface area contributed by atoms with Gasteiger partial charge in [0.2, 0.25) is 0 Å². The standard InChI is InChI=1S/C16H16ClN3O3/c17-14-8-12(20(22)23)9-18-15(14)19-10-16(21)7-3-5-11-4-1-2-6-13(11)16/h1-2,4,6,8-9,21H,3,5,7,10H2,(H,18,19). The number of anilines is 1. The number of rotatable bonds is 4. The monoisotopic (exact) mass is 333 g/mol. The van der Waals surface area contributed by atoms with E-state index in [1.54, 1.807) is 0 Å². The molecule has 1 aliphatic rings. The Kier molecular flexibility index (Phi) is 4.19. The lowest BCUT2D eigenvalue weighted by molar-refractivity contribution is -0.385. The van der Waals surface area contributed by atoms with E-state index in [9.17, 15) is 15.2 Å². The van der Waals surface area contributed by atoms with E-state index >= 15 is 0 Å². The van der Waals surface area contributed by atoms with Crippen molar-refractivity contribution < 1.29 is 10.0 Å². The molecule has 1 aromatic heterocycles. The molecule has 3 rings (SSSR count). The highest BCUT2D eigenvalue weighted by Gasteiger charge is 2.34. The van der Waals surface area contributed by atoms with Gasteiger partial charge in [-0.2, -0.15) is 0 Å². The number of nitrogens with zero attached hydrogens (tertiary/aromatic N) is 2. The Hall–Kier alpha value is -2.18. The maximum absolute atomic E-state index is 11.0. The van der Waals surface area contributed by atoms with Crippen molar-refractivity contribution in [3.05, 3.63) is 62.8 Å². The summed E-state index contributed by atoms with van der Waals surface area (Å²) in [5.74, 6) is 0.328. The van der Waals surface area contributed by atoms with E-state index in [2.05, 4.69) is 10.3 Å². The third kappa shape index (κ3) is 3.13. The van der Waals surface area contributed by atoms with Gasteiger partial charge in [-0.1, -0.05) is 35.9 Å². The Morgan fingerprint density at radius 1 is 1.43 bits per heavy atom. The largest absolute Gasteiger partial charge is 0.383 e. The summed E-state index contributed by atoms with van der Waals surface area (Å²) in [5, 5.41) is 24.9. The Morgan fingerprint density at radius 3 is 2.96 bits per heavy atom. The molecule has 6 nitrogen and oxygen atoms in total. The van der Waals surface area contributed by atoms with Crippen molar-refractivity contribution in [3.8, 4) is 0 Å². The van der Waals surface area contributed by atoms with Crippen molar-refractivity contribution >= 4 is 23.1 Å². The molecule has 0 saturated carbocycles. The minimum Gasteiger partial charge on any atom is -0.383 e. The summed E-state index contributed by atoms with van der Waals surface area (Å²) in [4.78, 5) is 14.1. The lowest BCUT2D eigenvalue weighted by Gasteiger charge is -2.34. The van der Waals surface area contributed by atoms with Gasteiger partial charge < -0.3 is 10.4 Å². The van der Waals surface area contributed by atoms with Gasteiger partial charge in [0, 0.05) is 12.6 Å². The first-order valence-electron chi connectivity index (χ1n) is 7.34. The maximum atomic E-state index is 11.0. The molecule has 2 N–H and O–H groups in total. The lowest BCUT2D eigenvalue weighted by Crippen LogP contribution is -2.37. The number of fused-ring (bicyclic) bond motifs is 1. The number of nitro groups is 1. The van der Waals surface area contributed by atoms with Crippen molar-refractivity contribution in [1.29, 1.82) is 0 Å². The van der Waals surface area contributed by atoms with Crippen LogP contribution in [0.1, 0.15) is 24.0 Å². The van der Waals surface area contributed by atoms with Crippen molar-refractivity contribution in [2.24, 2.45) is 0 Å². The number of aliphatic hydroxyl groups is 1. The van der Waals surface area contributed by atoms with Crippen LogP contribution in [0.2, 0.25) is 5.02 Å². The van der Waals surface area contributed by atoms with Crippen LogP contribution in [-0.4, -0.2) is 21.6 Å². The molecule has 23 heavy (non-hydrogen) atoms. The first-order chi connectivity index (χ1) is 11.0. The predicted molar refractivity (Wildman–Crippen MR) is 87.7 cm³/mol. The fourth-order valence-corrected chi connectivity index (χ4v) is 3.20. The lowest BCUT2D eigenvalue weighted by atomic mass is 9.79. The van der Waals surface area contributed by atoms with Gasteiger partial charge in [0.05, 0.1) is 9.95 Å². The fourth-order valence-electron chi connectivity index (χ4n) is 2.97. The second-order valence-corrected chi connectivity index (χ2v) is 6.08. The topological polar surface area (TPSA) is 88.3 Å². The number of hydrogen-bond donors (Lipinski definition) is 2. The van der Waals surface area contributed by atoms with Crippen molar-refractivity contribution in [1.82, 2.24) is 4.98 Å². The van der Waals surface area contributed by atoms with Gasteiger partial charge in [0.15, 0.2) is 0 Å². The van der Waals surface area contributed by atoms with Gasteiger partial charge in [0.1, 0.15) is 17.6 Å². The molecule has 2 aromatic rings. The van der Waals surface area contributed by atoms with Crippen LogP contribution in [0.5, 0.6) is 0 Å². The van der Waals surface area contributed by atoms with Gasteiger partial charge in [-0.05, 0) is 30.4 Å². The smallest absolute Gasteiger partial charge is 0.289 e. The van der Waals surface area contributed by atoms with Crippen LogP contribution < -0.4 is 5.32 Å². The number of nitrogens with one attached hydrogen (secondary N) is 1. The summed E-state index contributed by atoms with van der Waals surface area (Å²) in [6.07, 6.45) is 3.64. The number of aryl methyl sites for hydroxylation is 1. The van der Waals surface area contributed by atoms with E-state index < -0.39 is 10.5 Å². The van der Waals surface area contributed by atoms with Gasteiger partial charge in [-0.15, -0.1) is 0 Å². The molecule has 1 aliphatic carbocycles. The van der Waals surface area contributed by atoms with Crippen LogP contribution in [0.25, 0.3) is 0 Å². The maximum Gasteiger partial charge on any atom is 0.289 e. The van der Waals surface area contributed by atoms with E-state index in [0.717, 1.165) is 30.2 Å². The normalized spacial score (nSPS) is 19.9. The molecule has 0 amide bonds. The Labute approximate surface area is 138 Å². The van der Waals surface area contributed by atoms with Crippen molar-refractivity contribution in [2.45, 2.75) is 24.9 Å². The van der Waals surface area contributed by atoms with Gasteiger partial charge >= 0.3 is 0 Å². The summed E-state index contributed by atoms with van der Waals surface area (Å²) >= 11 is 6.03. The highest BCUT2D eigenvalue weighted by atomic mass is 35.5. The minimum atomic E-state index is -0.998. The molecular weight excluding hydrogens is 318 g/mol. The molecule has 0 bridgehead atoms. The van der Waals surface area contributed by atoms with Gasteiger partial charge in [-0.25, -0.2) is 4.98 Å². The SMILES string of the molecule is O=[N+]([O-])c1cnc(NCC2(O)CCCc3ccccc32)c(Cl)c1. The van der Waals surface area contributed by atoms with E-state index in [1.807, 2.05) is 24.3 Å². The summed E-state index contributed by atoms with van der Waals surface area (Å²) in [6, 6.07) is 9.08. The highest BCUT2D eigenvalue weighted by Crippen LogP contribution is 2.36. The van der Waals surface area contributed by atoms with Crippen LogP contribution in [0.15, 0.2) is 36.5 Å². The number of pyridine rings is 1. The number of halogens is 1. The van der Waals surface area contributed by atoms with Gasteiger partial charge in [0.25, 0.3) is 5.69 Å². The number of hydrogen-bond acceptors (Lipinski definition) is 5.